The van der Waals surface area contributed by atoms with Crippen LogP contribution in [0.15, 0.2) is 29.8 Å². The lowest BCUT2D eigenvalue weighted by molar-refractivity contribution is -0.142. The molecule has 0 spiro atoms. The van der Waals surface area contributed by atoms with Crippen LogP contribution in [-0.2, 0) is 35.1 Å². The third-order valence-corrected chi connectivity index (χ3v) is 8.64. The van der Waals surface area contributed by atoms with Crippen LogP contribution in [0, 0.1) is 12.3 Å². The fraction of sp³-hybridized carbons (Fsp3) is 0.657. The molecule has 1 fully saturated rings. The number of hydrogen-bond acceptors (Lipinski definition) is 11. The van der Waals surface area contributed by atoms with Crippen LogP contribution in [0.5, 0.6) is 0 Å². The van der Waals surface area contributed by atoms with Gasteiger partial charge in [0.25, 0.3) is 0 Å². The Morgan fingerprint density at radius 2 is 1.55 bits per heavy atom. The van der Waals surface area contributed by atoms with Gasteiger partial charge >= 0.3 is 6.09 Å². The summed E-state index contributed by atoms with van der Waals surface area (Å²) in [4.78, 5) is 45.6. The minimum atomic E-state index is -0.773. The number of aromatic nitrogens is 1. The first-order chi connectivity index (χ1) is 23.2. The molecule has 3 amide bonds. The molecular formula is C35H55N5O8S. The Balaban J connectivity index is 1.35. The number of aliphatic hydroxyl groups excluding tert-OH is 1. The van der Waals surface area contributed by atoms with E-state index in [2.05, 4.69) is 20.9 Å². The number of hydrogen-bond donors (Lipinski definition) is 4. The van der Waals surface area contributed by atoms with Gasteiger partial charge in [-0.25, -0.2) is 9.78 Å². The smallest absolute Gasteiger partial charge is 0.407 e. The molecule has 49 heavy (non-hydrogen) atoms. The topological polar surface area (TPSA) is 161 Å². The van der Waals surface area contributed by atoms with Gasteiger partial charge in [0, 0.05) is 32.6 Å². The first-order valence-electron chi connectivity index (χ1n) is 16.8. The Morgan fingerprint density at radius 3 is 2.12 bits per heavy atom. The van der Waals surface area contributed by atoms with E-state index >= 15 is 0 Å². The molecule has 3 atom stereocenters. The second-order valence-corrected chi connectivity index (χ2v) is 15.0. The molecule has 1 aromatic heterocycles. The first-order valence-corrected chi connectivity index (χ1v) is 17.7. The van der Waals surface area contributed by atoms with E-state index in [0.717, 1.165) is 21.7 Å². The quantitative estimate of drug-likeness (QED) is 0.170. The van der Waals surface area contributed by atoms with Gasteiger partial charge in [0.15, 0.2) is 0 Å². The molecule has 1 unspecified atom stereocenters. The number of carbonyl (C=O) groups excluding carboxylic acids is 3. The van der Waals surface area contributed by atoms with Crippen LogP contribution in [-0.4, -0.2) is 116 Å². The summed E-state index contributed by atoms with van der Waals surface area (Å²) in [5.74, 6) is -0.510. The molecule has 274 valence electrons. The maximum Gasteiger partial charge on any atom is 0.407 e. The second kappa shape index (κ2) is 19.3. The van der Waals surface area contributed by atoms with E-state index in [4.69, 9.17) is 18.9 Å². The van der Waals surface area contributed by atoms with E-state index in [0.29, 0.717) is 59.3 Å². The molecule has 14 heteroatoms. The predicted molar refractivity (Wildman–Crippen MR) is 188 cm³/mol. The number of β-amino-alcohol motifs (C(OH)–C–C–N with tert-alkyl or cyclic N) is 1. The number of rotatable bonds is 18. The monoisotopic (exact) mass is 705 g/mol. The van der Waals surface area contributed by atoms with E-state index in [1.807, 2.05) is 57.5 Å². The molecule has 2 aromatic rings. The van der Waals surface area contributed by atoms with Crippen molar-refractivity contribution in [1.29, 1.82) is 0 Å². The number of alkyl carbamates (subject to hydrolysis) is 1. The zero-order valence-corrected chi connectivity index (χ0v) is 30.8. The number of amides is 3. The summed E-state index contributed by atoms with van der Waals surface area (Å²) in [6, 6.07) is 6.63. The van der Waals surface area contributed by atoms with Crippen molar-refractivity contribution in [3.8, 4) is 10.4 Å². The van der Waals surface area contributed by atoms with Gasteiger partial charge in [-0.05, 0) is 44.2 Å². The van der Waals surface area contributed by atoms with Gasteiger partial charge in [-0.1, -0.05) is 45.0 Å². The van der Waals surface area contributed by atoms with Gasteiger partial charge in [0.1, 0.15) is 11.6 Å². The number of aryl methyl sites for hydroxylation is 1. The van der Waals surface area contributed by atoms with Gasteiger partial charge in [-0.3, -0.25) is 9.59 Å². The number of likely N-dealkylation sites (tertiary alicyclic amines) is 1. The van der Waals surface area contributed by atoms with E-state index in [1.54, 1.807) is 32.1 Å². The molecule has 1 aliphatic heterocycles. The Morgan fingerprint density at radius 1 is 0.939 bits per heavy atom. The highest BCUT2D eigenvalue weighted by atomic mass is 32.1. The molecule has 0 saturated carbocycles. The summed E-state index contributed by atoms with van der Waals surface area (Å²) in [7, 11) is 0. The summed E-state index contributed by atoms with van der Waals surface area (Å²) in [6.07, 6.45) is -1.06. The number of carbonyl (C=O) groups is 3. The largest absolute Gasteiger partial charge is 0.444 e. The van der Waals surface area contributed by atoms with E-state index in [9.17, 15) is 19.5 Å². The van der Waals surface area contributed by atoms with Crippen LogP contribution in [0.2, 0.25) is 0 Å². The van der Waals surface area contributed by atoms with Crippen molar-refractivity contribution in [2.45, 2.75) is 85.2 Å². The number of thiazole rings is 1. The number of aliphatic hydroxyl groups is 1. The number of nitrogens with one attached hydrogen (secondary N) is 3. The molecule has 3 rings (SSSR count). The van der Waals surface area contributed by atoms with Crippen LogP contribution in [0.3, 0.4) is 0 Å². The molecule has 2 heterocycles. The van der Waals surface area contributed by atoms with Gasteiger partial charge in [0.05, 0.1) is 67.9 Å². The third-order valence-electron chi connectivity index (χ3n) is 7.66. The van der Waals surface area contributed by atoms with Crippen molar-refractivity contribution < 1.29 is 38.4 Å². The summed E-state index contributed by atoms with van der Waals surface area (Å²) in [5.41, 5.74) is 3.84. The van der Waals surface area contributed by atoms with Gasteiger partial charge in [0.2, 0.25) is 11.8 Å². The minimum absolute atomic E-state index is 0.103. The zero-order chi connectivity index (χ0) is 36.0. The van der Waals surface area contributed by atoms with Gasteiger partial charge < -0.3 is 44.9 Å². The zero-order valence-electron chi connectivity index (χ0n) is 30.0. The number of ether oxygens (including phenoxy) is 4. The normalized spacial score (nSPS) is 17.2. The maximum atomic E-state index is 13.8. The predicted octanol–water partition coefficient (Wildman–Crippen LogP) is 3.28. The molecule has 0 bridgehead atoms. The highest BCUT2D eigenvalue weighted by Gasteiger charge is 2.43. The molecule has 1 saturated heterocycles. The van der Waals surface area contributed by atoms with Crippen LogP contribution in [0.25, 0.3) is 10.4 Å². The lowest BCUT2D eigenvalue weighted by atomic mass is 9.85. The highest BCUT2D eigenvalue weighted by Crippen LogP contribution is 2.28. The Kier molecular flexibility index (Phi) is 15.9. The fourth-order valence-electron chi connectivity index (χ4n) is 5.25. The van der Waals surface area contributed by atoms with Crippen LogP contribution in [0.1, 0.15) is 59.2 Å². The summed E-state index contributed by atoms with van der Waals surface area (Å²) in [5, 5.41) is 19.4. The van der Waals surface area contributed by atoms with Crippen molar-refractivity contribution in [1.82, 2.24) is 25.8 Å². The number of nitrogens with zero attached hydrogens (tertiary/aromatic N) is 2. The van der Waals surface area contributed by atoms with E-state index in [-0.39, 0.29) is 24.8 Å². The maximum absolute atomic E-state index is 13.8. The molecule has 1 aromatic carbocycles. The molecule has 13 nitrogen and oxygen atoms in total. The summed E-state index contributed by atoms with van der Waals surface area (Å²) >= 11 is 1.59. The second-order valence-electron chi connectivity index (χ2n) is 14.1. The lowest BCUT2D eigenvalue weighted by Gasteiger charge is -2.35. The van der Waals surface area contributed by atoms with Crippen LogP contribution in [0.4, 0.5) is 4.79 Å². The lowest BCUT2D eigenvalue weighted by Crippen LogP contribution is -2.57. The standard InChI is InChI=1S/C35H55N5O8S/c1-24-29(49-23-39-24)26-10-8-25(9-11-26)21-38-31(42)28-20-27(41)22-40(28)32(43)30(34(2,3)4)36-12-14-45-16-18-47-19-17-46-15-13-37-33(44)48-35(5,6)7/h8-11,23,27-28,30,36,41H,12-22H2,1-7H3,(H,37,44)(H,38,42)/t27-,28+,30?/m1/s1. The Labute approximate surface area is 294 Å². The summed E-state index contributed by atoms with van der Waals surface area (Å²) in [6.45, 7) is 16.7. The average Bonchev–Trinajstić information content (AvgIpc) is 3.63. The summed E-state index contributed by atoms with van der Waals surface area (Å²) < 4.78 is 21.8. The van der Waals surface area contributed by atoms with E-state index < -0.39 is 35.3 Å². The van der Waals surface area contributed by atoms with Crippen molar-refractivity contribution >= 4 is 29.2 Å². The van der Waals surface area contributed by atoms with Crippen LogP contribution < -0.4 is 16.0 Å². The molecule has 0 radical (unpaired) electrons. The molecule has 1 aliphatic rings. The highest BCUT2D eigenvalue weighted by molar-refractivity contribution is 7.13. The van der Waals surface area contributed by atoms with Crippen molar-refractivity contribution in [3.63, 3.8) is 0 Å². The van der Waals surface area contributed by atoms with Gasteiger partial charge in [-0.15, -0.1) is 11.3 Å². The number of benzene rings is 1. The SMILES string of the molecule is Cc1ncsc1-c1ccc(CNC(=O)[C@@H]2C[C@@H](O)CN2C(=O)C(NCCOCCOCCOCCNC(=O)OC(C)(C)C)C(C)(C)C)cc1. The van der Waals surface area contributed by atoms with Crippen molar-refractivity contribution in [3.05, 3.63) is 41.0 Å². The van der Waals surface area contributed by atoms with Crippen LogP contribution >= 0.6 is 11.3 Å². The van der Waals surface area contributed by atoms with Gasteiger partial charge in [-0.2, -0.15) is 0 Å². The van der Waals surface area contributed by atoms with Crippen molar-refractivity contribution in [2.24, 2.45) is 5.41 Å². The first kappa shape index (κ1) is 40.3. The average molecular weight is 706 g/mol. The molecule has 0 aliphatic carbocycles. The fourth-order valence-corrected chi connectivity index (χ4v) is 6.06. The molecule has 4 N–H and O–H groups in total. The van der Waals surface area contributed by atoms with E-state index in [1.165, 1.54) is 4.90 Å². The molecular weight excluding hydrogens is 650 g/mol. The Bertz CT molecular complexity index is 1320. The minimum Gasteiger partial charge on any atom is -0.444 e. The Hall–Kier alpha value is -3.14. The third kappa shape index (κ3) is 13.9. The van der Waals surface area contributed by atoms with Crippen molar-refractivity contribution in [2.75, 3.05) is 59.3 Å².